The summed E-state index contributed by atoms with van der Waals surface area (Å²) >= 11 is 5.97. The zero-order valence-electron chi connectivity index (χ0n) is 16.2. The third kappa shape index (κ3) is 6.21. The van der Waals surface area contributed by atoms with Crippen LogP contribution in [0.2, 0.25) is 5.02 Å². The molecule has 2 N–H and O–H groups in total. The van der Waals surface area contributed by atoms with Crippen LogP contribution >= 0.6 is 11.6 Å². The molecule has 5 nitrogen and oxygen atoms in total. The first-order chi connectivity index (χ1) is 13.8. The molecule has 2 atom stereocenters. The van der Waals surface area contributed by atoms with Crippen molar-refractivity contribution in [1.82, 2.24) is 4.72 Å². The van der Waals surface area contributed by atoms with E-state index < -0.39 is 16.0 Å². The lowest BCUT2D eigenvalue weighted by atomic mass is 9.98. The normalized spacial score (nSPS) is 20.7. The van der Waals surface area contributed by atoms with Gasteiger partial charge in [0, 0.05) is 29.0 Å². The second-order valence-corrected chi connectivity index (χ2v) is 9.81. The second-order valence-electron chi connectivity index (χ2n) is 7.53. The summed E-state index contributed by atoms with van der Waals surface area (Å²) in [5, 5.41) is 9.28. The fourth-order valence-corrected chi connectivity index (χ4v) is 5.31. The van der Waals surface area contributed by atoms with E-state index in [9.17, 15) is 13.2 Å². The van der Waals surface area contributed by atoms with E-state index in [-0.39, 0.29) is 24.0 Å². The first-order valence-corrected chi connectivity index (χ1v) is 11.9. The number of carboxylic acids is 1. The van der Waals surface area contributed by atoms with Crippen molar-refractivity contribution in [1.29, 1.82) is 0 Å². The number of fused-ring (bicyclic) bond motifs is 2. The third-order valence-corrected chi connectivity index (χ3v) is 6.84. The number of carbonyl (C=O) groups is 1. The molecule has 7 heteroatoms. The number of aliphatic carboxylic acids is 1. The molecule has 0 amide bonds. The lowest BCUT2D eigenvalue weighted by Crippen LogP contribution is -2.29. The fraction of sp³-hybridized carbons (Fsp3) is 0.409. The van der Waals surface area contributed by atoms with Gasteiger partial charge in [-0.25, -0.2) is 8.42 Å². The van der Waals surface area contributed by atoms with Gasteiger partial charge >= 0.3 is 5.97 Å². The maximum atomic E-state index is 12.7. The molecule has 1 aromatic carbocycles. The molecule has 2 unspecified atom stereocenters. The number of sulfonamides is 1. The van der Waals surface area contributed by atoms with Crippen molar-refractivity contribution in [2.24, 2.45) is 11.8 Å². The summed E-state index contributed by atoms with van der Waals surface area (Å²) < 4.78 is 28.2. The van der Waals surface area contributed by atoms with Crippen LogP contribution in [0.25, 0.3) is 0 Å². The molecule has 0 aliphatic heterocycles. The topological polar surface area (TPSA) is 83.5 Å². The van der Waals surface area contributed by atoms with Crippen molar-refractivity contribution in [3.63, 3.8) is 0 Å². The van der Waals surface area contributed by atoms with Gasteiger partial charge in [-0.15, -0.1) is 0 Å². The van der Waals surface area contributed by atoms with E-state index in [1.807, 2.05) is 24.3 Å². The van der Waals surface area contributed by atoms with Gasteiger partial charge in [-0.3, -0.25) is 9.52 Å². The number of nitrogens with one attached hydrogen (secondary N) is 1. The van der Waals surface area contributed by atoms with Crippen molar-refractivity contribution in [2.75, 3.05) is 5.75 Å². The molecule has 2 bridgehead atoms. The van der Waals surface area contributed by atoms with Crippen LogP contribution in [0.1, 0.15) is 37.7 Å². The molecule has 156 valence electrons. The van der Waals surface area contributed by atoms with Crippen molar-refractivity contribution in [2.45, 2.75) is 38.5 Å². The first-order valence-electron chi connectivity index (χ1n) is 9.87. The monoisotopic (exact) mass is 435 g/mol. The summed E-state index contributed by atoms with van der Waals surface area (Å²) in [5.41, 5.74) is 2.84. The van der Waals surface area contributed by atoms with Gasteiger partial charge in [0.25, 0.3) is 0 Å². The van der Waals surface area contributed by atoms with Crippen LogP contribution in [-0.4, -0.2) is 25.2 Å². The van der Waals surface area contributed by atoms with E-state index in [1.54, 1.807) is 12.1 Å². The number of hydrogen-bond donors (Lipinski definition) is 2. The van der Waals surface area contributed by atoms with Gasteiger partial charge in [0.05, 0.1) is 5.75 Å². The minimum absolute atomic E-state index is 0.0102. The Kier molecular flexibility index (Phi) is 7.19. The van der Waals surface area contributed by atoms with Crippen molar-refractivity contribution in [3.05, 3.63) is 70.4 Å². The number of carboxylic acid groups (broad SMARTS) is 1. The Bertz CT molecular complexity index is 949. The summed E-state index contributed by atoms with van der Waals surface area (Å²) in [6.45, 7) is 0. The first kappa shape index (κ1) is 21.7. The van der Waals surface area contributed by atoms with Gasteiger partial charge in [-0.1, -0.05) is 48.0 Å². The Balaban J connectivity index is 1.60. The zero-order valence-corrected chi connectivity index (χ0v) is 17.8. The highest BCUT2D eigenvalue weighted by molar-refractivity contribution is 7.89. The lowest BCUT2D eigenvalue weighted by Gasteiger charge is -2.18. The number of unbranched alkanes of at least 4 members (excludes halogenated alkanes) is 1. The molecule has 0 fully saturated rings. The standard InChI is InChI=1S/C22H26ClNO4S/c23-19-7-5-6-16(14-19)12-13-29(27,28)24-22-18-11-10-17(15-18)20(22)8-3-1-2-4-9-21(25)26/h1,3,5-7,10-11,14,17-18,24H,2,4,8-9,12-13,15H2,(H,25,26). The lowest BCUT2D eigenvalue weighted by molar-refractivity contribution is -0.137. The summed E-state index contributed by atoms with van der Waals surface area (Å²) in [5.74, 6) is -0.351. The van der Waals surface area contributed by atoms with Crippen molar-refractivity contribution >= 4 is 27.6 Å². The molecule has 0 spiro atoms. The number of aryl methyl sites for hydroxylation is 1. The van der Waals surface area contributed by atoms with Gasteiger partial charge in [0.1, 0.15) is 0 Å². The van der Waals surface area contributed by atoms with Crippen molar-refractivity contribution < 1.29 is 18.3 Å². The molecule has 1 aromatic rings. The van der Waals surface area contributed by atoms with E-state index in [4.69, 9.17) is 16.7 Å². The largest absolute Gasteiger partial charge is 0.481 e. The Morgan fingerprint density at radius 1 is 1.24 bits per heavy atom. The molecule has 2 aliphatic carbocycles. The maximum absolute atomic E-state index is 12.7. The third-order valence-electron chi connectivity index (χ3n) is 5.33. The van der Waals surface area contributed by atoms with E-state index in [2.05, 4.69) is 16.9 Å². The van der Waals surface area contributed by atoms with Gasteiger partial charge in [0.2, 0.25) is 10.0 Å². The zero-order chi connectivity index (χ0) is 20.9. The van der Waals surface area contributed by atoms with Crippen LogP contribution in [0.4, 0.5) is 0 Å². The number of hydrogen-bond acceptors (Lipinski definition) is 3. The fourth-order valence-electron chi connectivity index (χ4n) is 3.87. The molecule has 0 heterocycles. The highest BCUT2D eigenvalue weighted by Crippen LogP contribution is 2.44. The predicted molar refractivity (Wildman–Crippen MR) is 115 cm³/mol. The average Bonchev–Trinajstić information content (AvgIpc) is 3.25. The van der Waals surface area contributed by atoms with Crippen LogP contribution in [-0.2, 0) is 21.2 Å². The summed E-state index contributed by atoms with van der Waals surface area (Å²) in [6, 6.07) is 7.26. The number of allylic oxidation sites excluding steroid dienone is 5. The summed E-state index contributed by atoms with van der Waals surface area (Å²) in [4.78, 5) is 10.6. The van der Waals surface area contributed by atoms with E-state index in [1.165, 1.54) is 0 Å². The predicted octanol–water partition coefficient (Wildman–Crippen LogP) is 4.46. The van der Waals surface area contributed by atoms with Crippen LogP contribution < -0.4 is 4.72 Å². The molecule has 29 heavy (non-hydrogen) atoms. The van der Waals surface area contributed by atoms with Crippen molar-refractivity contribution in [3.8, 4) is 0 Å². The molecular weight excluding hydrogens is 410 g/mol. The Labute approximate surface area is 177 Å². The van der Waals surface area contributed by atoms with E-state index in [0.717, 1.165) is 23.3 Å². The number of halogens is 1. The quantitative estimate of drug-likeness (QED) is 0.397. The van der Waals surface area contributed by atoms with Gasteiger partial charge in [-0.2, -0.15) is 0 Å². The molecule has 2 aliphatic rings. The molecule has 3 rings (SSSR count). The SMILES string of the molecule is O=C(O)CCCC=CCC1=C(NS(=O)(=O)CCc2cccc(Cl)c2)C2C=CC1C2. The molecule has 0 aromatic heterocycles. The Hall–Kier alpha value is -2.05. The van der Waals surface area contributed by atoms with Gasteiger partial charge in [0.15, 0.2) is 0 Å². The number of rotatable bonds is 11. The van der Waals surface area contributed by atoms with E-state index in [0.29, 0.717) is 30.7 Å². The molecule has 0 saturated carbocycles. The highest BCUT2D eigenvalue weighted by atomic mass is 35.5. The summed E-state index contributed by atoms with van der Waals surface area (Å²) in [6.07, 6.45) is 11.7. The molecular formula is C22H26ClNO4S. The number of benzene rings is 1. The van der Waals surface area contributed by atoms with Gasteiger partial charge in [-0.05, 0) is 55.4 Å². The Morgan fingerprint density at radius 3 is 2.79 bits per heavy atom. The van der Waals surface area contributed by atoms with Gasteiger partial charge < -0.3 is 5.11 Å². The summed E-state index contributed by atoms with van der Waals surface area (Å²) in [7, 11) is -3.45. The minimum Gasteiger partial charge on any atom is -0.481 e. The van der Waals surface area contributed by atoms with Crippen LogP contribution in [0.5, 0.6) is 0 Å². The second kappa shape index (κ2) is 9.63. The van der Waals surface area contributed by atoms with Crippen LogP contribution in [0.3, 0.4) is 0 Å². The minimum atomic E-state index is -3.45. The maximum Gasteiger partial charge on any atom is 0.303 e. The van der Waals surface area contributed by atoms with Crippen LogP contribution in [0, 0.1) is 11.8 Å². The Morgan fingerprint density at radius 2 is 2.03 bits per heavy atom. The molecule has 0 saturated heterocycles. The average molecular weight is 436 g/mol. The molecule has 0 radical (unpaired) electrons. The van der Waals surface area contributed by atoms with E-state index >= 15 is 0 Å². The smallest absolute Gasteiger partial charge is 0.303 e. The highest BCUT2D eigenvalue weighted by Gasteiger charge is 2.36. The van der Waals surface area contributed by atoms with Crippen LogP contribution in [0.15, 0.2) is 59.8 Å².